The Kier molecular flexibility index (Phi) is 31.7. The Bertz CT molecular complexity index is 5460. The van der Waals surface area contributed by atoms with Crippen molar-refractivity contribution in [3.63, 3.8) is 0 Å². The van der Waals surface area contributed by atoms with Crippen LogP contribution in [0.25, 0.3) is 0 Å². The zero-order chi connectivity index (χ0) is 95.0. The molecule has 702 valence electrons. The zero-order valence-electron chi connectivity index (χ0n) is 78.9. The smallest absolute Gasteiger partial charge is 0.318 e. The van der Waals surface area contributed by atoms with E-state index in [0.29, 0.717) is 119 Å². The Hall–Kier alpha value is -13.3. The molecule has 12 amide bonds. The molecule has 0 bridgehead atoms. The fraction of sp³-hybridized carbons (Fsp3) is 0.417. The van der Waals surface area contributed by atoms with Crippen molar-refractivity contribution in [2.45, 2.75) is 152 Å². The second kappa shape index (κ2) is 43.4. The summed E-state index contributed by atoms with van der Waals surface area (Å²) in [6.45, 7) is 30.7. The molecule has 15 rings (SSSR count). The predicted molar refractivity (Wildman–Crippen MR) is 526 cm³/mol. The largest absolute Gasteiger partial charge is 0.367 e. The molecule has 1 unspecified atom stereocenters. The molecule has 133 heavy (non-hydrogen) atoms. The van der Waals surface area contributed by atoms with Gasteiger partial charge in [-0.25, -0.2) is 14.4 Å². The second-order valence-electron chi connectivity index (χ2n) is 37.8. The third-order valence-electron chi connectivity index (χ3n) is 26.5. The van der Waals surface area contributed by atoms with Crippen molar-refractivity contribution in [3.8, 4) is 0 Å². The molecule has 2 saturated heterocycles. The number of likely N-dealkylation sites (tertiary alicyclic amines) is 2. The van der Waals surface area contributed by atoms with Gasteiger partial charge in [0.2, 0.25) is 17.7 Å². The minimum atomic E-state index is -0.475. The van der Waals surface area contributed by atoms with Crippen LogP contribution in [0.4, 0.5) is 31.4 Å². The quantitative estimate of drug-likeness (QED) is 0.0238. The molecular formula is C103H131N21O9. The minimum absolute atomic E-state index is 0.0180. The van der Waals surface area contributed by atoms with Crippen LogP contribution in [0, 0.1) is 0 Å². The van der Waals surface area contributed by atoms with Crippen LogP contribution >= 0.6 is 0 Å². The third-order valence-corrected chi connectivity index (χ3v) is 26.5. The molecule has 8 heterocycles. The second-order valence-corrected chi connectivity index (χ2v) is 37.8. The predicted octanol–water partition coefficient (Wildman–Crippen LogP) is 11.9. The van der Waals surface area contributed by atoms with Crippen molar-refractivity contribution >= 4 is 88.1 Å². The van der Waals surface area contributed by atoms with Crippen LogP contribution in [0.2, 0.25) is 0 Å². The van der Waals surface area contributed by atoms with Crippen molar-refractivity contribution < 1.29 is 43.2 Å². The minimum Gasteiger partial charge on any atom is -0.367 e. The lowest BCUT2D eigenvalue weighted by molar-refractivity contribution is -0.112. The van der Waals surface area contributed by atoms with Crippen LogP contribution in [-0.4, -0.2) is 278 Å². The number of carbonyl (C=O) groups is 9. The van der Waals surface area contributed by atoms with Crippen molar-refractivity contribution in [1.29, 1.82) is 0 Å². The molecule has 30 heteroatoms. The number of nitrogens with one attached hydrogen (secondary N) is 10. The van der Waals surface area contributed by atoms with Gasteiger partial charge in [-0.3, -0.25) is 43.7 Å². The van der Waals surface area contributed by atoms with Gasteiger partial charge in [0.15, 0.2) is 0 Å². The summed E-state index contributed by atoms with van der Waals surface area (Å²) < 4.78 is 0. The summed E-state index contributed by atoms with van der Waals surface area (Å²) in [6, 6.07) is 50.7. The van der Waals surface area contributed by atoms with Gasteiger partial charge in [0, 0.05) is 120 Å². The van der Waals surface area contributed by atoms with Gasteiger partial charge in [-0.1, -0.05) is 111 Å². The highest BCUT2D eigenvalue weighted by molar-refractivity contribution is 6.07. The fourth-order valence-corrected chi connectivity index (χ4v) is 19.0. The van der Waals surface area contributed by atoms with Crippen LogP contribution in [0.3, 0.4) is 0 Å². The Morgan fingerprint density at radius 1 is 0.391 bits per heavy atom. The van der Waals surface area contributed by atoms with Gasteiger partial charge < -0.3 is 92.4 Å². The topological polar surface area (TPSA) is 337 Å². The molecule has 1 aliphatic carbocycles. The molecule has 8 aliphatic heterocycles. The Balaban J connectivity index is 0.000000169. The Labute approximate surface area is 782 Å². The lowest BCUT2D eigenvalue weighted by Gasteiger charge is -2.36. The molecule has 1 saturated carbocycles. The van der Waals surface area contributed by atoms with Crippen LogP contribution in [0.5, 0.6) is 0 Å². The SMILES string of the molecule is C=CC(=O)Nc1ccc(C(=O)N2CCC(NC3=NCC4=C3CN(C(=O)N[C@H](CN(C)C)c3ccccc3)C4(C)C)CC2)cc1.C=CC(=O)Nc1ccc(C(=O)N2CCCC(NC3=NCC4=C3CN(C(=O)N[C@H](CN(C)C)c3ccccc3)C4(C)C)C2)cc1.C=CC(=O)Nc1ccc(C(=O)N[C@H]2CCC[C@@H](NC3=NCC4=C3CN(C(=O)N[C@H](CN(C)C)c3ccccc3)C4(C)C)C2)cc1. The van der Waals surface area contributed by atoms with E-state index in [-0.39, 0.29) is 95.8 Å². The van der Waals surface area contributed by atoms with Crippen molar-refractivity contribution in [2.24, 2.45) is 15.0 Å². The molecule has 9 aliphatic rings. The van der Waals surface area contributed by atoms with Crippen LogP contribution in [-0.2, 0) is 14.4 Å². The number of hydrogen-bond acceptors (Lipinski definition) is 18. The summed E-state index contributed by atoms with van der Waals surface area (Å²) in [5, 5.41) is 32.1. The van der Waals surface area contributed by atoms with E-state index in [1.807, 2.05) is 134 Å². The molecule has 3 fully saturated rings. The number of rotatable bonds is 25. The van der Waals surface area contributed by atoms with E-state index < -0.39 is 16.6 Å². The van der Waals surface area contributed by atoms with E-state index in [0.717, 1.165) is 108 Å². The third kappa shape index (κ3) is 24.0. The average Bonchev–Trinajstić information content (AvgIpc) is 1.60. The maximum Gasteiger partial charge on any atom is 0.318 e. The number of amidine groups is 3. The van der Waals surface area contributed by atoms with E-state index in [9.17, 15) is 43.2 Å². The number of piperidine rings is 2. The maximum atomic E-state index is 13.7. The first-order valence-corrected chi connectivity index (χ1v) is 46.1. The summed E-state index contributed by atoms with van der Waals surface area (Å²) in [5.41, 5.74) is 12.2. The number of aliphatic imine (C=N–C) groups is 3. The maximum absolute atomic E-state index is 13.7. The van der Waals surface area contributed by atoms with E-state index >= 15 is 0 Å². The van der Waals surface area contributed by atoms with E-state index in [2.05, 4.69) is 153 Å². The van der Waals surface area contributed by atoms with Gasteiger partial charge in [-0.05, 0) is 260 Å². The molecular weight excluding hydrogens is 1680 g/mol. The van der Waals surface area contributed by atoms with Crippen molar-refractivity contribution in [2.75, 3.05) is 143 Å². The van der Waals surface area contributed by atoms with Gasteiger partial charge in [0.25, 0.3) is 17.7 Å². The lowest BCUT2D eigenvalue weighted by atomic mass is 9.90. The molecule has 6 aromatic carbocycles. The number of urea groups is 3. The summed E-state index contributed by atoms with van der Waals surface area (Å²) >= 11 is 0. The molecule has 10 N–H and O–H groups in total. The Morgan fingerprint density at radius 3 is 1.07 bits per heavy atom. The summed E-state index contributed by atoms with van der Waals surface area (Å²) in [6.07, 6.45) is 10.7. The zero-order valence-corrected chi connectivity index (χ0v) is 78.9. The summed E-state index contributed by atoms with van der Waals surface area (Å²) in [4.78, 5) is 146. The summed E-state index contributed by atoms with van der Waals surface area (Å²) in [7, 11) is 12.1. The van der Waals surface area contributed by atoms with Crippen LogP contribution in [0.1, 0.15) is 159 Å². The van der Waals surface area contributed by atoms with E-state index in [1.54, 1.807) is 72.8 Å². The van der Waals surface area contributed by atoms with Crippen LogP contribution in [0.15, 0.2) is 250 Å². The number of nitrogens with zero attached hydrogens (tertiary/aromatic N) is 11. The first kappa shape index (κ1) is 97.2. The number of benzene rings is 6. The molecule has 0 spiro atoms. The van der Waals surface area contributed by atoms with Crippen molar-refractivity contribution in [1.82, 2.24) is 76.4 Å². The summed E-state index contributed by atoms with van der Waals surface area (Å²) in [5.74, 6) is 1.51. The monoisotopic (exact) mass is 1810 g/mol. The van der Waals surface area contributed by atoms with Gasteiger partial charge in [0.05, 0.1) is 74.0 Å². The van der Waals surface area contributed by atoms with E-state index in [1.165, 1.54) is 29.4 Å². The fourth-order valence-electron chi connectivity index (χ4n) is 19.0. The first-order chi connectivity index (χ1) is 63.7. The first-order valence-electron chi connectivity index (χ1n) is 46.1. The number of carbonyl (C=O) groups excluding carboxylic acids is 9. The highest BCUT2D eigenvalue weighted by Gasteiger charge is 2.50. The molecule has 6 atom stereocenters. The van der Waals surface area contributed by atoms with E-state index in [4.69, 9.17) is 15.0 Å². The van der Waals surface area contributed by atoms with Gasteiger partial charge >= 0.3 is 18.1 Å². The normalized spacial score (nSPS) is 19.8. The highest BCUT2D eigenvalue weighted by atomic mass is 16.2. The van der Waals surface area contributed by atoms with Crippen LogP contribution < -0.4 is 53.2 Å². The number of likely N-dealkylation sites (N-methyl/N-ethyl adjacent to an activating group) is 3. The Morgan fingerprint density at radius 2 is 0.714 bits per heavy atom. The molecule has 0 aromatic heterocycles. The average molecular weight is 1810 g/mol. The van der Waals surface area contributed by atoms with Gasteiger partial charge in [-0.15, -0.1) is 0 Å². The van der Waals surface area contributed by atoms with Gasteiger partial charge in [-0.2, -0.15) is 0 Å². The number of amides is 12. The highest BCUT2D eigenvalue weighted by Crippen LogP contribution is 2.42. The molecule has 30 nitrogen and oxygen atoms in total. The lowest BCUT2D eigenvalue weighted by Crippen LogP contribution is -2.52. The van der Waals surface area contributed by atoms with Crippen molar-refractivity contribution in [3.05, 3.63) is 269 Å². The standard InChI is InChI=1S/C35H45N7O3.2C34H43N7O3/c1-6-31(43)37-25-17-15-24(16-18-25)33(44)39-27-14-10-13-26(19-27)38-32-28-21-42(35(2,3)29(28)20-36-32)34(45)40-30(22-41(4)5)23-11-8-7-9-12-23;1-6-30(42)36-25-16-14-24(15-17-25)32(43)40-18-10-13-26(20-40)37-31-27-21-41(34(2,3)28(27)19-35-31)33(44)38-29(22-39(4)5)23-11-8-7-9-12-23;1-6-30(42)36-25-14-12-24(13-15-25)32(43)40-18-16-26(17-19-40)37-31-27-21-41(34(2,3)28(27)20-35-31)33(44)38-29(22-39(4)5)23-10-8-7-9-11-23/h6-9,11-12,15-18,26-27,30H,1,10,13-14,19-22H2,2-5H3,(H,36,38)(H,37,43)(H,39,44)(H,40,45);6-9,11-12,14-17,26,29H,1,10,13,18-22H2,2-5H3,(H,35,37)(H,36,42)(H,38,44);6-15,26,29H,1,16-22H2,2-5H3,(H,35,37)(H,36,42)(H,38,44)/t26-,27+,30-;26?,29-;29-/m111/s1. The molecule has 6 aromatic rings. The van der Waals surface area contributed by atoms with Gasteiger partial charge in [0.1, 0.15) is 17.5 Å². The number of anilines is 3. The number of hydrogen-bond donors (Lipinski definition) is 10. The molecule has 0 radical (unpaired) electrons.